The van der Waals surface area contributed by atoms with Crippen LogP contribution in [0.4, 0.5) is 0 Å². The number of carbonyl (C=O) groups excluding carboxylic acids is 1. The van der Waals surface area contributed by atoms with Crippen LogP contribution in [0, 0.1) is 5.92 Å². The van der Waals surface area contributed by atoms with Gasteiger partial charge in [-0.3, -0.25) is 9.78 Å². The number of nitrogens with zero attached hydrogens (tertiary/aromatic N) is 3. The summed E-state index contributed by atoms with van der Waals surface area (Å²) in [6.45, 7) is 0.676. The van der Waals surface area contributed by atoms with E-state index in [4.69, 9.17) is 0 Å². The maximum absolute atomic E-state index is 12.5. The maximum Gasteiger partial charge on any atom is 0.252 e. The number of amides is 1. The fraction of sp³-hybridized carbons (Fsp3) is 0.312. The monoisotopic (exact) mass is 378 g/mol. The third-order valence-electron chi connectivity index (χ3n) is 3.99. The topological polar surface area (TPSA) is 91.7 Å². The van der Waals surface area contributed by atoms with Gasteiger partial charge < -0.3 is 0 Å². The molecule has 0 aromatic carbocycles. The highest BCUT2D eigenvalue weighted by atomic mass is 32.2. The number of piperidine rings is 1. The van der Waals surface area contributed by atoms with Gasteiger partial charge in [0.1, 0.15) is 4.21 Å². The van der Waals surface area contributed by atoms with E-state index in [9.17, 15) is 13.2 Å². The third-order valence-corrected chi connectivity index (χ3v) is 7.26. The Morgan fingerprint density at radius 2 is 2.12 bits per heavy atom. The molecule has 3 heterocycles. The number of hydrogen-bond acceptors (Lipinski definition) is 6. The second-order valence-corrected chi connectivity index (χ2v) is 8.74. The van der Waals surface area contributed by atoms with Gasteiger partial charge in [0.15, 0.2) is 0 Å². The summed E-state index contributed by atoms with van der Waals surface area (Å²) >= 11 is 1.21. The first kappa shape index (κ1) is 17.7. The minimum atomic E-state index is -3.44. The molecule has 2 aromatic rings. The molecule has 0 aliphatic carbocycles. The number of aromatic nitrogens is 1. The van der Waals surface area contributed by atoms with Gasteiger partial charge in [0, 0.05) is 37.0 Å². The number of sulfonamides is 1. The van der Waals surface area contributed by atoms with E-state index in [1.165, 1.54) is 21.9 Å². The molecule has 0 atom stereocenters. The van der Waals surface area contributed by atoms with Crippen molar-refractivity contribution in [3.8, 4) is 0 Å². The number of thiophene rings is 1. The molecular formula is C16H18N4O3S2. The molecule has 1 aliphatic rings. The number of hydrazone groups is 1. The van der Waals surface area contributed by atoms with Crippen molar-refractivity contribution in [3.05, 3.63) is 47.6 Å². The molecule has 0 radical (unpaired) electrons. The first-order valence-corrected chi connectivity index (χ1v) is 10.2. The fourth-order valence-corrected chi connectivity index (χ4v) is 5.22. The van der Waals surface area contributed by atoms with Crippen molar-refractivity contribution in [2.75, 3.05) is 13.1 Å². The molecule has 3 rings (SSSR count). The molecule has 7 nitrogen and oxygen atoms in total. The highest BCUT2D eigenvalue weighted by Crippen LogP contribution is 2.26. The normalized spacial score (nSPS) is 17.0. The van der Waals surface area contributed by atoms with Crippen LogP contribution in [0.5, 0.6) is 0 Å². The van der Waals surface area contributed by atoms with Crippen molar-refractivity contribution in [2.24, 2.45) is 11.0 Å². The van der Waals surface area contributed by atoms with Crippen LogP contribution in [-0.2, 0) is 14.8 Å². The van der Waals surface area contributed by atoms with Crippen LogP contribution < -0.4 is 5.43 Å². The van der Waals surface area contributed by atoms with Gasteiger partial charge in [0.2, 0.25) is 5.91 Å². The van der Waals surface area contributed by atoms with Gasteiger partial charge in [-0.25, -0.2) is 13.8 Å². The van der Waals surface area contributed by atoms with Crippen LogP contribution in [0.2, 0.25) is 0 Å². The number of nitrogens with one attached hydrogen (secondary N) is 1. The van der Waals surface area contributed by atoms with Crippen LogP contribution in [0.1, 0.15) is 18.4 Å². The Morgan fingerprint density at radius 3 is 2.76 bits per heavy atom. The Labute approximate surface area is 150 Å². The molecule has 25 heavy (non-hydrogen) atoms. The molecule has 0 bridgehead atoms. The first-order valence-electron chi connectivity index (χ1n) is 7.84. The zero-order valence-electron chi connectivity index (χ0n) is 13.4. The molecule has 1 saturated heterocycles. The van der Waals surface area contributed by atoms with Crippen molar-refractivity contribution in [3.63, 3.8) is 0 Å². The molecule has 1 fully saturated rings. The molecule has 1 amide bonds. The van der Waals surface area contributed by atoms with Gasteiger partial charge >= 0.3 is 0 Å². The minimum absolute atomic E-state index is 0.187. The van der Waals surface area contributed by atoms with Gasteiger partial charge in [-0.2, -0.15) is 9.41 Å². The lowest BCUT2D eigenvalue weighted by atomic mass is 9.98. The van der Waals surface area contributed by atoms with E-state index in [1.807, 2.05) is 6.07 Å². The Bertz CT molecular complexity index is 828. The standard InChI is InChI=1S/C16H18N4O3S2/c21-16(19-18-12-13-3-1-7-17-11-13)14-5-8-20(9-6-14)25(22,23)15-4-2-10-24-15/h1-4,7,10-12,14H,5-6,8-9H2,(H,19,21). The predicted molar refractivity (Wildman–Crippen MR) is 95.8 cm³/mol. The molecule has 9 heteroatoms. The zero-order chi connectivity index (χ0) is 17.7. The summed E-state index contributed by atoms with van der Waals surface area (Å²) in [7, 11) is -3.44. The van der Waals surface area contributed by atoms with Gasteiger partial charge in [0.25, 0.3) is 10.0 Å². The van der Waals surface area contributed by atoms with Crippen molar-refractivity contribution < 1.29 is 13.2 Å². The summed E-state index contributed by atoms with van der Waals surface area (Å²) in [4.78, 5) is 16.1. The first-order chi connectivity index (χ1) is 12.1. The summed E-state index contributed by atoms with van der Waals surface area (Å²) in [6, 6.07) is 6.94. The molecule has 2 aromatic heterocycles. The van der Waals surface area contributed by atoms with Gasteiger partial charge in [-0.15, -0.1) is 11.3 Å². The molecule has 0 spiro atoms. The summed E-state index contributed by atoms with van der Waals surface area (Å²) in [5, 5.41) is 5.67. The van der Waals surface area contributed by atoms with E-state index in [0.29, 0.717) is 30.1 Å². The quantitative estimate of drug-likeness (QED) is 0.633. The van der Waals surface area contributed by atoms with Gasteiger partial charge in [-0.1, -0.05) is 12.1 Å². The summed E-state index contributed by atoms with van der Waals surface area (Å²) in [5.74, 6) is -0.422. The number of carbonyl (C=O) groups is 1. The fourth-order valence-electron chi connectivity index (χ4n) is 2.61. The van der Waals surface area contributed by atoms with Crippen molar-refractivity contribution in [1.29, 1.82) is 0 Å². The van der Waals surface area contributed by atoms with Crippen molar-refractivity contribution in [2.45, 2.75) is 17.1 Å². The largest absolute Gasteiger partial charge is 0.273 e. The Hall–Kier alpha value is -2.10. The lowest BCUT2D eigenvalue weighted by molar-refractivity contribution is -0.126. The average molecular weight is 378 g/mol. The smallest absolute Gasteiger partial charge is 0.252 e. The number of pyridine rings is 1. The van der Waals surface area contributed by atoms with Crippen LogP contribution in [0.25, 0.3) is 0 Å². The van der Waals surface area contributed by atoms with E-state index in [0.717, 1.165) is 5.56 Å². The SMILES string of the molecule is O=C(NN=Cc1cccnc1)C1CCN(S(=O)(=O)c2cccs2)CC1. The van der Waals surface area contributed by atoms with E-state index in [-0.39, 0.29) is 11.8 Å². The van der Waals surface area contributed by atoms with Crippen LogP contribution in [-0.4, -0.2) is 42.9 Å². The van der Waals surface area contributed by atoms with E-state index in [2.05, 4.69) is 15.5 Å². The highest BCUT2D eigenvalue weighted by molar-refractivity contribution is 7.91. The van der Waals surface area contributed by atoms with Crippen LogP contribution >= 0.6 is 11.3 Å². The minimum Gasteiger partial charge on any atom is -0.273 e. The Morgan fingerprint density at radius 1 is 1.32 bits per heavy atom. The predicted octanol–water partition coefficient (Wildman–Crippen LogP) is 1.69. The highest BCUT2D eigenvalue weighted by Gasteiger charge is 2.32. The van der Waals surface area contributed by atoms with Crippen LogP contribution in [0.3, 0.4) is 0 Å². The maximum atomic E-state index is 12.5. The van der Waals surface area contributed by atoms with Gasteiger partial charge in [-0.05, 0) is 30.4 Å². The summed E-state index contributed by atoms with van der Waals surface area (Å²) < 4.78 is 26.7. The van der Waals surface area contributed by atoms with E-state index >= 15 is 0 Å². The molecule has 0 unspecified atom stereocenters. The van der Waals surface area contributed by atoms with Gasteiger partial charge in [0.05, 0.1) is 6.21 Å². The number of rotatable bonds is 5. The Balaban J connectivity index is 1.52. The average Bonchev–Trinajstić information content (AvgIpc) is 3.18. The zero-order valence-corrected chi connectivity index (χ0v) is 15.0. The second kappa shape index (κ2) is 7.85. The van der Waals surface area contributed by atoms with E-state index in [1.54, 1.807) is 36.0 Å². The Kier molecular flexibility index (Phi) is 5.57. The molecule has 1 N–H and O–H groups in total. The molecule has 132 valence electrons. The number of hydrogen-bond donors (Lipinski definition) is 1. The van der Waals surface area contributed by atoms with E-state index < -0.39 is 10.0 Å². The molecule has 0 saturated carbocycles. The lowest BCUT2D eigenvalue weighted by Crippen LogP contribution is -2.42. The third kappa shape index (κ3) is 4.30. The van der Waals surface area contributed by atoms with Crippen molar-refractivity contribution in [1.82, 2.24) is 14.7 Å². The lowest BCUT2D eigenvalue weighted by Gasteiger charge is -2.29. The second-order valence-electron chi connectivity index (χ2n) is 5.63. The summed E-state index contributed by atoms with van der Waals surface area (Å²) in [6.07, 6.45) is 5.80. The molecular weight excluding hydrogens is 360 g/mol. The molecule has 1 aliphatic heterocycles. The van der Waals surface area contributed by atoms with Crippen molar-refractivity contribution >= 4 is 33.5 Å². The summed E-state index contributed by atoms with van der Waals surface area (Å²) in [5.41, 5.74) is 3.31. The van der Waals surface area contributed by atoms with Crippen LogP contribution in [0.15, 0.2) is 51.3 Å².